The van der Waals surface area contributed by atoms with Gasteiger partial charge in [0.25, 0.3) is 0 Å². The van der Waals surface area contributed by atoms with Crippen LogP contribution in [0.25, 0.3) is 11.0 Å². The molecule has 0 aliphatic rings. The summed E-state index contributed by atoms with van der Waals surface area (Å²) in [5.74, 6) is -0.216. The lowest BCUT2D eigenvalue weighted by Gasteiger charge is -2.09. The van der Waals surface area contributed by atoms with Crippen molar-refractivity contribution in [2.75, 3.05) is 0 Å². The van der Waals surface area contributed by atoms with E-state index >= 15 is 0 Å². The number of carbonyl (C=O) groups is 1. The number of fused-ring (bicyclic) bond motifs is 1. The van der Waals surface area contributed by atoms with Gasteiger partial charge in [-0.25, -0.2) is 14.8 Å². The van der Waals surface area contributed by atoms with Gasteiger partial charge in [-0.1, -0.05) is 6.07 Å². The highest BCUT2D eigenvalue weighted by Crippen LogP contribution is 2.29. The zero-order valence-corrected chi connectivity index (χ0v) is 11.4. The second-order valence-corrected chi connectivity index (χ2v) is 4.57. The van der Waals surface area contributed by atoms with Gasteiger partial charge in [0.1, 0.15) is 17.5 Å². The molecule has 1 N–H and O–H groups in total. The monoisotopic (exact) mass is 284 g/mol. The molecule has 0 amide bonds. The minimum absolute atomic E-state index is 0.159. The zero-order chi connectivity index (χ0) is 15.0. The standard InChI is InChI=1S/C14H12N4O3/c1-8-3-4-9(14(19)20)5-11(8)21-13-10-6-17-18(2)12(10)15-7-16-13/h3-7H,1-2H3,(H,19,20). The van der Waals surface area contributed by atoms with Crippen LogP contribution in [0.5, 0.6) is 11.6 Å². The van der Waals surface area contributed by atoms with Gasteiger partial charge in [0.15, 0.2) is 5.65 Å². The maximum absolute atomic E-state index is 11.0. The molecular formula is C14H12N4O3. The van der Waals surface area contributed by atoms with Crippen molar-refractivity contribution < 1.29 is 14.6 Å². The van der Waals surface area contributed by atoms with Gasteiger partial charge in [0, 0.05) is 7.05 Å². The van der Waals surface area contributed by atoms with Gasteiger partial charge in [0.05, 0.1) is 11.8 Å². The Morgan fingerprint density at radius 3 is 2.90 bits per heavy atom. The van der Waals surface area contributed by atoms with Crippen molar-refractivity contribution >= 4 is 17.0 Å². The number of ether oxygens (including phenoxy) is 1. The average Bonchev–Trinajstić information content (AvgIpc) is 2.84. The van der Waals surface area contributed by atoms with Crippen LogP contribution in [0.2, 0.25) is 0 Å². The molecule has 0 spiro atoms. The molecule has 2 aromatic heterocycles. The first-order valence-corrected chi connectivity index (χ1v) is 6.21. The summed E-state index contributed by atoms with van der Waals surface area (Å²) in [6, 6.07) is 4.70. The lowest BCUT2D eigenvalue weighted by Crippen LogP contribution is -1.99. The average molecular weight is 284 g/mol. The zero-order valence-electron chi connectivity index (χ0n) is 11.4. The SMILES string of the molecule is Cc1ccc(C(=O)O)cc1Oc1ncnc2c1cnn2C. The topological polar surface area (TPSA) is 90.1 Å². The third kappa shape index (κ3) is 2.29. The quantitative estimate of drug-likeness (QED) is 0.792. The van der Waals surface area contributed by atoms with E-state index in [-0.39, 0.29) is 5.56 Å². The second kappa shape index (κ2) is 4.86. The highest BCUT2D eigenvalue weighted by atomic mass is 16.5. The predicted molar refractivity (Wildman–Crippen MR) is 74.5 cm³/mol. The fourth-order valence-corrected chi connectivity index (χ4v) is 1.97. The van der Waals surface area contributed by atoms with Crippen LogP contribution >= 0.6 is 0 Å². The minimum atomic E-state index is -1.01. The van der Waals surface area contributed by atoms with Gasteiger partial charge in [-0.15, -0.1) is 0 Å². The van der Waals surface area contributed by atoms with Crippen molar-refractivity contribution in [3.8, 4) is 11.6 Å². The fraction of sp³-hybridized carbons (Fsp3) is 0.143. The van der Waals surface area contributed by atoms with Crippen LogP contribution in [0.4, 0.5) is 0 Å². The number of carboxylic acid groups (broad SMARTS) is 1. The summed E-state index contributed by atoms with van der Waals surface area (Å²) in [4.78, 5) is 19.3. The van der Waals surface area contributed by atoms with E-state index in [9.17, 15) is 4.79 Å². The minimum Gasteiger partial charge on any atom is -0.478 e. The van der Waals surface area contributed by atoms with Crippen molar-refractivity contribution in [3.63, 3.8) is 0 Å². The largest absolute Gasteiger partial charge is 0.478 e. The number of hydrogen-bond donors (Lipinski definition) is 1. The van der Waals surface area contributed by atoms with Crippen molar-refractivity contribution in [2.45, 2.75) is 6.92 Å². The molecule has 0 aliphatic heterocycles. The predicted octanol–water partition coefficient (Wildman–Crippen LogP) is 2.16. The van der Waals surface area contributed by atoms with Gasteiger partial charge in [-0.3, -0.25) is 4.68 Å². The van der Waals surface area contributed by atoms with Crippen molar-refractivity contribution in [3.05, 3.63) is 41.9 Å². The number of rotatable bonds is 3. The number of hydrogen-bond acceptors (Lipinski definition) is 5. The molecular weight excluding hydrogens is 272 g/mol. The van der Waals surface area contributed by atoms with Crippen molar-refractivity contribution in [1.29, 1.82) is 0 Å². The van der Waals surface area contributed by atoms with Gasteiger partial charge in [-0.2, -0.15) is 5.10 Å². The molecule has 7 nitrogen and oxygen atoms in total. The number of aromatic carboxylic acids is 1. The van der Waals surface area contributed by atoms with Crippen LogP contribution in [0.1, 0.15) is 15.9 Å². The highest BCUT2D eigenvalue weighted by Gasteiger charge is 2.13. The van der Waals surface area contributed by atoms with Crippen molar-refractivity contribution in [2.24, 2.45) is 7.05 Å². The van der Waals surface area contributed by atoms with Gasteiger partial charge in [0.2, 0.25) is 5.88 Å². The Kier molecular flexibility index (Phi) is 3.02. The molecule has 0 saturated carbocycles. The Hall–Kier alpha value is -2.96. The number of carboxylic acids is 1. The maximum Gasteiger partial charge on any atom is 0.335 e. The molecule has 0 aliphatic carbocycles. The first-order valence-electron chi connectivity index (χ1n) is 6.21. The van der Waals surface area contributed by atoms with E-state index in [1.54, 1.807) is 24.0 Å². The van der Waals surface area contributed by atoms with Crippen LogP contribution in [0.15, 0.2) is 30.7 Å². The third-order valence-corrected chi connectivity index (χ3v) is 3.13. The van der Waals surface area contributed by atoms with Crippen LogP contribution in [-0.2, 0) is 7.05 Å². The van der Waals surface area contributed by atoms with Gasteiger partial charge >= 0.3 is 5.97 Å². The van der Waals surface area contributed by atoms with E-state index in [1.807, 2.05) is 6.92 Å². The van der Waals surface area contributed by atoms with E-state index in [0.717, 1.165) is 5.56 Å². The summed E-state index contributed by atoms with van der Waals surface area (Å²) in [6.45, 7) is 1.84. The third-order valence-electron chi connectivity index (χ3n) is 3.13. The Labute approximate surface area is 119 Å². The fourth-order valence-electron chi connectivity index (χ4n) is 1.97. The lowest BCUT2D eigenvalue weighted by molar-refractivity contribution is 0.0696. The summed E-state index contributed by atoms with van der Waals surface area (Å²) < 4.78 is 7.37. The number of aryl methyl sites for hydroxylation is 2. The summed E-state index contributed by atoms with van der Waals surface area (Å²) >= 11 is 0. The van der Waals surface area contributed by atoms with Crippen LogP contribution in [0.3, 0.4) is 0 Å². The Morgan fingerprint density at radius 2 is 2.14 bits per heavy atom. The van der Waals surface area contributed by atoms with Gasteiger partial charge < -0.3 is 9.84 Å². The summed E-state index contributed by atoms with van der Waals surface area (Å²) in [7, 11) is 1.77. The molecule has 1 aromatic carbocycles. The summed E-state index contributed by atoms with van der Waals surface area (Å²) in [5, 5.41) is 13.8. The van der Waals surface area contributed by atoms with E-state index in [0.29, 0.717) is 22.7 Å². The normalized spacial score (nSPS) is 10.8. The van der Waals surface area contributed by atoms with E-state index in [2.05, 4.69) is 15.1 Å². The smallest absolute Gasteiger partial charge is 0.335 e. The summed E-state index contributed by atoms with van der Waals surface area (Å²) in [6.07, 6.45) is 3.00. The molecule has 3 aromatic rings. The molecule has 106 valence electrons. The molecule has 0 bridgehead atoms. The number of nitrogens with zero attached hydrogens (tertiary/aromatic N) is 4. The second-order valence-electron chi connectivity index (χ2n) is 4.57. The Balaban J connectivity index is 2.06. The first-order chi connectivity index (χ1) is 10.1. The molecule has 21 heavy (non-hydrogen) atoms. The first kappa shape index (κ1) is 13.0. The highest BCUT2D eigenvalue weighted by molar-refractivity contribution is 5.88. The molecule has 0 radical (unpaired) electrons. The van der Waals surface area contributed by atoms with E-state index < -0.39 is 5.97 Å². The molecule has 0 saturated heterocycles. The lowest BCUT2D eigenvalue weighted by atomic mass is 10.1. The van der Waals surface area contributed by atoms with Crippen molar-refractivity contribution in [1.82, 2.24) is 19.7 Å². The molecule has 3 rings (SSSR count). The molecule has 0 fully saturated rings. The maximum atomic E-state index is 11.0. The number of aromatic nitrogens is 4. The Bertz CT molecular complexity index is 841. The van der Waals surface area contributed by atoms with E-state index in [1.165, 1.54) is 18.5 Å². The Morgan fingerprint density at radius 1 is 1.33 bits per heavy atom. The molecule has 2 heterocycles. The number of benzene rings is 1. The van der Waals surface area contributed by atoms with Gasteiger partial charge in [-0.05, 0) is 24.6 Å². The molecule has 7 heteroatoms. The van der Waals surface area contributed by atoms with Crippen LogP contribution in [-0.4, -0.2) is 30.8 Å². The van der Waals surface area contributed by atoms with Crippen LogP contribution < -0.4 is 4.74 Å². The molecule has 0 unspecified atom stereocenters. The summed E-state index contributed by atoms with van der Waals surface area (Å²) in [5.41, 5.74) is 1.62. The van der Waals surface area contributed by atoms with Crippen LogP contribution in [0, 0.1) is 6.92 Å². The van der Waals surface area contributed by atoms with E-state index in [4.69, 9.17) is 9.84 Å². The molecule has 0 atom stereocenters.